The number of ether oxygens (including phenoxy) is 1. The highest BCUT2D eigenvalue weighted by molar-refractivity contribution is 6.31. The van der Waals surface area contributed by atoms with Crippen LogP contribution in [-0.2, 0) is 13.2 Å². The molecule has 0 atom stereocenters. The van der Waals surface area contributed by atoms with Gasteiger partial charge in [-0.15, -0.1) is 0 Å². The van der Waals surface area contributed by atoms with Crippen molar-refractivity contribution in [1.82, 2.24) is 0 Å². The summed E-state index contributed by atoms with van der Waals surface area (Å²) in [4.78, 5) is 0. The van der Waals surface area contributed by atoms with Crippen molar-refractivity contribution in [3.63, 3.8) is 0 Å². The fraction of sp³-hybridized carbons (Fsp3) is 0.143. The molecule has 2 aromatic carbocycles. The van der Waals surface area contributed by atoms with Gasteiger partial charge in [-0.25, -0.2) is 4.39 Å². The zero-order valence-electron chi connectivity index (χ0n) is 9.70. The Labute approximate surface area is 110 Å². The first-order chi connectivity index (χ1) is 8.70. The van der Waals surface area contributed by atoms with Crippen molar-refractivity contribution in [3.05, 3.63) is 64.4 Å². The smallest absolute Gasteiger partial charge is 0.131 e. The van der Waals surface area contributed by atoms with Crippen LogP contribution in [0, 0.1) is 5.82 Å². The van der Waals surface area contributed by atoms with Crippen LogP contribution in [-0.4, -0.2) is 0 Å². The van der Waals surface area contributed by atoms with E-state index in [2.05, 4.69) is 0 Å². The molecule has 2 rings (SSSR count). The summed E-state index contributed by atoms with van der Waals surface area (Å²) in [5.41, 5.74) is 6.86. The number of halogens is 2. The van der Waals surface area contributed by atoms with Gasteiger partial charge in [-0.1, -0.05) is 29.8 Å². The van der Waals surface area contributed by atoms with Gasteiger partial charge in [-0.05, 0) is 29.8 Å². The van der Waals surface area contributed by atoms with Crippen LogP contribution < -0.4 is 10.5 Å². The summed E-state index contributed by atoms with van der Waals surface area (Å²) in [5, 5.41) is 0.366. The van der Waals surface area contributed by atoms with Crippen molar-refractivity contribution < 1.29 is 9.13 Å². The molecule has 94 valence electrons. The average Bonchev–Trinajstić information content (AvgIpc) is 2.38. The predicted octanol–water partition coefficient (Wildman–Crippen LogP) is 3.52. The second kappa shape index (κ2) is 5.85. The van der Waals surface area contributed by atoms with E-state index < -0.39 is 0 Å². The molecule has 0 aliphatic carbocycles. The maximum absolute atomic E-state index is 13.5. The third-order valence-electron chi connectivity index (χ3n) is 2.58. The van der Waals surface area contributed by atoms with Crippen LogP contribution in [0.15, 0.2) is 42.5 Å². The fourth-order valence-electron chi connectivity index (χ4n) is 1.59. The van der Waals surface area contributed by atoms with Gasteiger partial charge in [-0.3, -0.25) is 0 Å². The summed E-state index contributed by atoms with van der Waals surface area (Å²) < 4.78 is 19.0. The van der Waals surface area contributed by atoms with Crippen molar-refractivity contribution in [1.29, 1.82) is 0 Å². The minimum Gasteiger partial charge on any atom is -0.489 e. The molecule has 0 unspecified atom stereocenters. The molecule has 0 aliphatic rings. The Morgan fingerprint density at radius 2 is 1.94 bits per heavy atom. The lowest BCUT2D eigenvalue weighted by molar-refractivity contribution is 0.299. The Hall–Kier alpha value is -1.58. The number of hydrogen-bond acceptors (Lipinski definition) is 2. The summed E-state index contributed by atoms with van der Waals surface area (Å²) in [6, 6.07) is 11.9. The third-order valence-corrected chi connectivity index (χ3v) is 2.93. The highest BCUT2D eigenvalue weighted by Gasteiger charge is 2.07. The van der Waals surface area contributed by atoms with Crippen LogP contribution in [0.5, 0.6) is 5.75 Å². The highest BCUT2D eigenvalue weighted by atomic mass is 35.5. The monoisotopic (exact) mass is 265 g/mol. The van der Waals surface area contributed by atoms with E-state index in [0.29, 0.717) is 22.9 Å². The molecule has 0 fully saturated rings. The fourth-order valence-corrected chi connectivity index (χ4v) is 1.81. The van der Waals surface area contributed by atoms with Gasteiger partial charge in [0.05, 0.1) is 5.02 Å². The van der Waals surface area contributed by atoms with E-state index in [-0.39, 0.29) is 12.4 Å². The van der Waals surface area contributed by atoms with Gasteiger partial charge in [0.15, 0.2) is 0 Å². The Bertz CT molecular complexity index is 525. The molecular formula is C14H13ClFNO. The molecule has 0 heterocycles. The largest absolute Gasteiger partial charge is 0.489 e. The maximum atomic E-state index is 13.5. The first-order valence-corrected chi connectivity index (χ1v) is 5.93. The standard InChI is InChI=1S/C14H13ClFNO/c15-13-5-2-6-14(16)12(13)9-18-11-4-1-3-10(7-11)8-17/h1-7H,8-9,17H2. The zero-order valence-corrected chi connectivity index (χ0v) is 10.5. The van der Waals surface area contributed by atoms with Gasteiger partial charge >= 0.3 is 0 Å². The maximum Gasteiger partial charge on any atom is 0.131 e. The quantitative estimate of drug-likeness (QED) is 0.918. The van der Waals surface area contributed by atoms with Crippen LogP contribution in [0.3, 0.4) is 0 Å². The Morgan fingerprint density at radius 1 is 1.17 bits per heavy atom. The lowest BCUT2D eigenvalue weighted by Gasteiger charge is -2.09. The van der Waals surface area contributed by atoms with Crippen LogP contribution in [0.2, 0.25) is 5.02 Å². The molecule has 0 spiro atoms. The molecule has 2 N–H and O–H groups in total. The minimum absolute atomic E-state index is 0.0968. The molecule has 0 aliphatic heterocycles. The van der Waals surface area contributed by atoms with Gasteiger partial charge in [0.1, 0.15) is 18.2 Å². The summed E-state index contributed by atoms with van der Waals surface area (Å²) in [6.45, 7) is 0.539. The average molecular weight is 266 g/mol. The van der Waals surface area contributed by atoms with Crippen molar-refractivity contribution in [2.24, 2.45) is 5.73 Å². The van der Waals surface area contributed by atoms with Crippen LogP contribution in [0.25, 0.3) is 0 Å². The summed E-state index contributed by atoms with van der Waals surface area (Å²) in [5.74, 6) is 0.287. The van der Waals surface area contributed by atoms with E-state index in [1.807, 2.05) is 18.2 Å². The number of hydrogen-bond donors (Lipinski definition) is 1. The van der Waals surface area contributed by atoms with Gasteiger partial charge in [0.2, 0.25) is 0 Å². The van der Waals surface area contributed by atoms with Gasteiger partial charge < -0.3 is 10.5 Å². The van der Waals surface area contributed by atoms with Crippen LogP contribution >= 0.6 is 11.6 Å². The minimum atomic E-state index is -0.363. The van der Waals surface area contributed by atoms with Gasteiger partial charge in [-0.2, -0.15) is 0 Å². The molecule has 18 heavy (non-hydrogen) atoms. The number of benzene rings is 2. The molecule has 0 aromatic heterocycles. The van der Waals surface area contributed by atoms with E-state index in [1.54, 1.807) is 18.2 Å². The lowest BCUT2D eigenvalue weighted by Crippen LogP contribution is -2.01. The van der Waals surface area contributed by atoms with E-state index in [1.165, 1.54) is 6.07 Å². The second-order valence-corrected chi connectivity index (χ2v) is 4.25. The van der Waals surface area contributed by atoms with Crippen LogP contribution in [0.1, 0.15) is 11.1 Å². The van der Waals surface area contributed by atoms with Crippen molar-refractivity contribution in [2.75, 3.05) is 0 Å². The van der Waals surface area contributed by atoms with Gasteiger partial charge in [0, 0.05) is 12.1 Å². The van der Waals surface area contributed by atoms with Crippen LogP contribution in [0.4, 0.5) is 4.39 Å². The van der Waals surface area contributed by atoms with E-state index >= 15 is 0 Å². The summed E-state index contributed by atoms with van der Waals surface area (Å²) >= 11 is 5.91. The predicted molar refractivity (Wildman–Crippen MR) is 70.1 cm³/mol. The zero-order chi connectivity index (χ0) is 13.0. The van der Waals surface area contributed by atoms with E-state index in [4.69, 9.17) is 22.1 Å². The third kappa shape index (κ3) is 3.00. The summed E-state index contributed by atoms with van der Waals surface area (Å²) in [6.07, 6.45) is 0. The first-order valence-electron chi connectivity index (χ1n) is 5.55. The molecule has 4 heteroatoms. The first kappa shape index (κ1) is 12.9. The van der Waals surface area contributed by atoms with Crippen molar-refractivity contribution in [2.45, 2.75) is 13.2 Å². The molecule has 0 bridgehead atoms. The normalized spacial score (nSPS) is 10.4. The SMILES string of the molecule is NCc1cccc(OCc2c(F)cccc2Cl)c1. The molecule has 0 saturated heterocycles. The Morgan fingerprint density at radius 3 is 2.67 bits per heavy atom. The Kier molecular flexibility index (Phi) is 4.18. The molecule has 2 nitrogen and oxygen atoms in total. The number of nitrogens with two attached hydrogens (primary N) is 1. The molecule has 0 amide bonds. The van der Waals surface area contributed by atoms with Gasteiger partial charge in [0.25, 0.3) is 0 Å². The van der Waals surface area contributed by atoms with E-state index in [0.717, 1.165) is 5.56 Å². The van der Waals surface area contributed by atoms with E-state index in [9.17, 15) is 4.39 Å². The second-order valence-electron chi connectivity index (χ2n) is 3.84. The molecule has 0 radical (unpaired) electrons. The van der Waals surface area contributed by atoms with Crippen molar-refractivity contribution in [3.8, 4) is 5.75 Å². The lowest BCUT2D eigenvalue weighted by atomic mass is 10.2. The molecule has 2 aromatic rings. The summed E-state index contributed by atoms with van der Waals surface area (Å²) in [7, 11) is 0. The Balaban J connectivity index is 2.11. The molecular weight excluding hydrogens is 253 g/mol. The molecule has 0 saturated carbocycles. The highest BCUT2D eigenvalue weighted by Crippen LogP contribution is 2.21. The van der Waals surface area contributed by atoms with Crippen molar-refractivity contribution >= 4 is 11.6 Å². The number of rotatable bonds is 4. The topological polar surface area (TPSA) is 35.2 Å².